The van der Waals surface area contributed by atoms with Gasteiger partial charge in [-0.15, -0.1) is 0 Å². The predicted molar refractivity (Wildman–Crippen MR) is 134 cm³/mol. The molecule has 1 aliphatic heterocycles. The monoisotopic (exact) mass is 539 g/mol. The van der Waals surface area contributed by atoms with Crippen LogP contribution in [0.5, 0.6) is 0 Å². The Balaban J connectivity index is 1.82. The van der Waals surface area contributed by atoms with E-state index in [1.807, 2.05) is 13.8 Å². The Bertz CT molecular complexity index is 1250. The molecule has 2 aromatic carbocycles. The van der Waals surface area contributed by atoms with Crippen LogP contribution in [0.15, 0.2) is 47.4 Å². The van der Waals surface area contributed by atoms with E-state index in [0.717, 1.165) is 0 Å². The van der Waals surface area contributed by atoms with Gasteiger partial charge in [-0.2, -0.15) is 0 Å². The van der Waals surface area contributed by atoms with Gasteiger partial charge in [0, 0.05) is 35.6 Å². The molecule has 0 aromatic heterocycles. The van der Waals surface area contributed by atoms with Crippen LogP contribution in [0.2, 0.25) is 10.0 Å². The summed E-state index contributed by atoms with van der Waals surface area (Å²) in [6, 6.07) is 9.78. The summed E-state index contributed by atoms with van der Waals surface area (Å²) in [6.07, 6.45) is 0.413. The molecule has 8 nitrogen and oxygen atoms in total. The Kier molecular flexibility index (Phi) is 8.46. The molecule has 2 aromatic rings. The molecule has 11 heteroatoms. The van der Waals surface area contributed by atoms with Crippen molar-refractivity contribution >= 4 is 50.9 Å². The molecule has 3 rings (SSSR count). The smallest absolute Gasteiger partial charge is 0.269 e. The normalized spacial score (nSPS) is 15.9. The van der Waals surface area contributed by atoms with Crippen molar-refractivity contribution in [2.24, 2.45) is 0 Å². The van der Waals surface area contributed by atoms with Gasteiger partial charge in [0.15, 0.2) is 0 Å². The third-order valence-corrected chi connectivity index (χ3v) is 8.39. The molecule has 0 bridgehead atoms. The third-order valence-electron chi connectivity index (χ3n) is 5.96. The van der Waals surface area contributed by atoms with Gasteiger partial charge in [-0.1, -0.05) is 48.3 Å². The van der Waals surface area contributed by atoms with E-state index in [4.69, 9.17) is 23.2 Å². The fraction of sp³-hybridized carbons (Fsp3) is 0.375. The zero-order chi connectivity index (χ0) is 25.9. The average molecular weight is 540 g/mol. The summed E-state index contributed by atoms with van der Waals surface area (Å²) < 4.78 is 26.4. The lowest BCUT2D eigenvalue weighted by atomic mass is 10.1. The van der Waals surface area contributed by atoms with Gasteiger partial charge < -0.3 is 10.2 Å². The minimum absolute atomic E-state index is 0.00481. The highest BCUT2D eigenvalue weighted by Gasteiger charge is 2.41. The molecule has 3 amide bonds. The number of amides is 3. The molecule has 0 saturated carbocycles. The minimum atomic E-state index is -4.05. The molecule has 2 atom stereocenters. The highest BCUT2D eigenvalue weighted by atomic mass is 35.5. The molecular formula is C24H27Cl2N3O5S. The molecule has 0 fully saturated rings. The van der Waals surface area contributed by atoms with Crippen molar-refractivity contribution in [1.82, 2.24) is 14.5 Å². The van der Waals surface area contributed by atoms with Crippen LogP contribution in [0.25, 0.3) is 0 Å². The number of rotatable bonds is 9. The first kappa shape index (κ1) is 27.0. The van der Waals surface area contributed by atoms with Crippen LogP contribution in [0.1, 0.15) is 49.5 Å². The Morgan fingerprint density at radius 2 is 1.80 bits per heavy atom. The highest BCUT2D eigenvalue weighted by molar-refractivity contribution is 7.90. The Morgan fingerprint density at radius 3 is 2.43 bits per heavy atom. The van der Waals surface area contributed by atoms with E-state index in [1.165, 1.54) is 29.2 Å². The van der Waals surface area contributed by atoms with Gasteiger partial charge in [-0.05, 0) is 50.1 Å². The summed E-state index contributed by atoms with van der Waals surface area (Å²) in [6.45, 7) is 5.03. The number of sulfonamides is 1. The molecule has 1 heterocycles. The van der Waals surface area contributed by atoms with Crippen molar-refractivity contribution in [3.05, 3.63) is 63.6 Å². The van der Waals surface area contributed by atoms with Crippen LogP contribution in [0.4, 0.5) is 0 Å². The van der Waals surface area contributed by atoms with E-state index < -0.39 is 27.9 Å². The summed E-state index contributed by atoms with van der Waals surface area (Å²) in [5, 5.41) is 3.61. The second kappa shape index (κ2) is 11.0. The maximum atomic E-state index is 13.3. The zero-order valence-corrected chi connectivity index (χ0v) is 22.0. The van der Waals surface area contributed by atoms with Crippen molar-refractivity contribution in [2.75, 3.05) is 6.54 Å². The van der Waals surface area contributed by atoms with E-state index in [9.17, 15) is 22.8 Å². The van der Waals surface area contributed by atoms with Gasteiger partial charge in [0.25, 0.3) is 15.9 Å². The zero-order valence-electron chi connectivity index (χ0n) is 19.6. The standard InChI is InChI=1S/C24H27Cl2N3O5S/c1-4-15(2)27-23(31)16(3)28(14-17-9-10-18(25)13-20(17)26)22(30)11-12-29-24(32)19-7-5-6-8-21(19)35(29,33)34/h5-10,13,15-16H,4,11-12,14H2,1-3H3,(H,27,31)/t15-,16+/m1/s1. The Morgan fingerprint density at radius 1 is 1.11 bits per heavy atom. The Labute approximate surface area is 215 Å². The number of halogens is 2. The minimum Gasteiger partial charge on any atom is -0.352 e. The van der Waals surface area contributed by atoms with Crippen LogP contribution in [-0.4, -0.2) is 54.0 Å². The highest BCUT2D eigenvalue weighted by Crippen LogP contribution is 2.30. The number of nitrogens with zero attached hydrogens (tertiary/aromatic N) is 2. The fourth-order valence-corrected chi connectivity index (χ4v) is 5.71. The van der Waals surface area contributed by atoms with E-state index in [1.54, 1.807) is 25.1 Å². The van der Waals surface area contributed by atoms with Gasteiger partial charge in [-0.3, -0.25) is 14.4 Å². The lowest BCUT2D eigenvalue weighted by Crippen LogP contribution is -2.50. The van der Waals surface area contributed by atoms with Crippen LogP contribution in [-0.2, 0) is 26.2 Å². The molecule has 35 heavy (non-hydrogen) atoms. The summed E-state index contributed by atoms with van der Waals surface area (Å²) in [4.78, 5) is 40.1. The number of fused-ring (bicyclic) bond motifs is 1. The lowest BCUT2D eigenvalue weighted by molar-refractivity contribution is -0.140. The first-order valence-corrected chi connectivity index (χ1v) is 13.4. The van der Waals surface area contributed by atoms with E-state index in [0.29, 0.717) is 26.3 Å². The van der Waals surface area contributed by atoms with Crippen molar-refractivity contribution < 1.29 is 22.8 Å². The van der Waals surface area contributed by atoms with Crippen molar-refractivity contribution in [1.29, 1.82) is 0 Å². The van der Waals surface area contributed by atoms with Crippen LogP contribution < -0.4 is 5.32 Å². The quantitative estimate of drug-likeness (QED) is 0.520. The number of nitrogens with one attached hydrogen (secondary N) is 1. The maximum absolute atomic E-state index is 13.3. The molecular weight excluding hydrogens is 513 g/mol. The average Bonchev–Trinajstić information content (AvgIpc) is 3.01. The van der Waals surface area contributed by atoms with Gasteiger partial charge >= 0.3 is 0 Å². The maximum Gasteiger partial charge on any atom is 0.269 e. The Hall–Kier alpha value is -2.62. The van der Waals surface area contributed by atoms with Crippen molar-refractivity contribution in [3.8, 4) is 0 Å². The van der Waals surface area contributed by atoms with Gasteiger partial charge in [0.2, 0.25) is 11.8 Å². The third kappa shape index (κ3) is 5.79. The van der Waals surface area contributed by atoms with E-state index in [2.05, 4.69) is 5.32 Å². The second-order valence-corrected chi connectivity index (χ2v) is 11.1. The first-order valence-electron chi connectivity index (χ1n) is 11.2. The van der Waals surface area contributed by atoms with E-state index >= 15 is 0 Å². The first-order chi connectivity index (χ1) is 16.5. The summed E-state index contributed by atoms with van der Waals surface area (Å²) >= 11 is 12.3. The molecule has 0 aliphatic carbocycles. The fourth-order valence-electron chi connectivity index (χ4n) is 3.67. The molecule has 0 radical (unpaired) electrons. The van der Waals surface area contributed by atoms with Gasteiger partial charge in [0.1, 0.15) is 10.9 Å². The molecule has 0 unspecified atom stereocenters. The topological polar surface area (TPSA) is 104 Å². The van der Waals surface area contributed by atoms with Gasteiger partial charge in [-0.25, -0.2) is 12.7 Å². The number of benzene rings is 2. The molecule has 0 spiro atoms. The summed E-state index contributed by atoms with van der Waals surface area (Å²) in [5.74, 6) is -1.53. The van der Waals surface area contributed by atoms with Crippen molar-refractivity contribution in [3.63, 3.8) is 0 Å². The second-order valence-electron chi connectivity index (χ2n) is 8.38. The van der Waals surface area contributed by atoms with Crippen LogP contribution in [0.3, 0.4) is 0 Å². The molecule has 0 saturated heterocycles. The molecule has 1 aliphatic rings. The van der Waals surface area contributed by atoms with Gasteiger partial charge in [0.05, 0.1) is 5.56 Å². The SMILES string of the molecule is CC[C@@H](C)NC(=O)[C@H](C)N(Cc1ccc(Cl)cc1Cl)C(=O)CCN1C(=O)c2ccccc2S1(=O)=O. The number of carbonyl (C=O) groups is 3. The van der Waals surface area contributed by atoms with E-state index in [-0.39, 0.29) is 41.9 Å². The number of hydrogen-bond donors (Lipinski definition) is 1. The predicted octanol–water partition coefficient (Wildman–Crippen LogP) is 3.86. The summed E-state index contributed by atoms with van der Waals surface area (Å²) in [7, 11) is -4.05. The van der Waals surface area contributed by atoms with Crippen molar-refractivity contribution in [2.45, 2.75) is 57.1 Å². The largest absolute Gasteiger partial charge is 0.352 e. The number of carbonyl (C=O) groups excluding carboxylic acids is 3. The van der Waals surface area contributed by atoms with Crippen LogP contribution >= 0.6 is 23.2 Å². The molecule has 188 valence electrons. The van der Waals surface area contributed by atoms with Crippen LogP contribution in [0, 0.1) is 0 Å². The lowest BCUT2D eigenvalue weighted by Gasteiger charge is -2.30. The number of hydrogen-bond acceptors (Lipinski definition) is 5. The molecule has 1 N–H and O–H groups in total. The summed E-state index contributed by atoms with van der Waals surface area (Å²) in [5.41, 5.74) is 0.649.